The molecule has 0 aliphatic heterocycles. The highest BCUT2D eigenvalue weighted by Crippen LogP contribution is 2.30. The van der Waals surface area contributed by atoms with E-state index in [4.69, 9.17) is 0 Å². The lowest BCUT2D eigenvalue weighted by molar-refractivity contribution is 0.905. The van der Waals surface area contributed by atoms with Gasteiger partial charge >= 0.3 is 0 Å². The second-order valence-electron chi connectivity index (χ2n) is 5.32. The Balaban J connectivity index is 2.38. The summed E-state index contributed by atoms with van der Waals surface area (Å²) in [7, 11) is 2.18. The van der Waals surface area contributed by atoms with Crippen molar-refractivity contribution in [2.75, 3.05) is 11.9 Å². The number of anilines is 2. The van der Waals surface area contributed by atoms with Gasteiger partial charge in [-0.3, -0.25) is 0 Å². The minimum absolute atomic E-state index is 1.14. The van der Waals surface area contributed by atoms with Gasteiger partial charge in [0.05, 0.1) is 0 Å². The van der Waals surface area contributed by atoms with Crippen LogP contribution in [0.1, 0.15) is 37.8 Å². The minimum Gasteiger partial charge on any atom is -0.344 e. The van der Waals surface area contributed by atoms with Crippen molar-refractivity contribution in [3.8, 4) is 0 Å². The molecule has 0 bridgehead atoms. The summed E-state index contributed by atoms with van der Waals surface area (Å²) in [5.41, 5.74) is 5.53. The van der Waals surface area contributed by atoms with E-state index in [0.29, 0.717) is 0 Å². The molecule has 2 aromatic rings. The second-order valence-corrected chi connectivity index (χ2v) is 5.32. The second kappa shape index (κ2) is 7.14. The quantitative estimate of drug-likeness (QED) is 0.681. The van der Waals surface area contributed by atoms with E-state index in [1.165, 1.54) is 35.3 Å². The van der Waals surface area contributed by atoms with Crippen molar-refractivity contribution in [3.63, 3.8) is 0 Å². The highest BCUT2D eigenvalue weighted by molar-refractivity contribution is 5.68. The highest BCUT2D eigenvalue weighted by atomic mass is 15.1. The summed E-state index contributed by atoms with van der Waals surface area (Å²) in [6.07, 6.45) is 4.63. The Morgan fingerprint density at radius 3 is 1.50 bits per heavy atom. The van der Waals surface area contributed by atoms with Gasteiger partial charge in [-0.2, -0.15) is 0 Å². The lowest BCUT2D eigenvalue weighted by Gasteiger charge is -2.25. The van der Waals surface area contributed by atoms with Gasteiger partial charge in [-0.05, 0) is 36.1 Å². The molecule has 0 N–H and O–H groups in total. The maximum Gasteiger partial charge on any atom is 0.0440 e. The molecular weight excluding hydrogens is 242 g/mol. The van der Waals surface area contributed by atoms with Crippen molar-refractivity contribution in [1.29, 1.82) is 0 Å². The summed E-state index contributed by atoms with van der Waals surface area (Å²) in [6.45, 7) is 4.48. The monoisotopic (exact) mass is 267 g/mol. The van der Waals surface area contributed by atoms with Crippen LogP contribution in [0.3, 0.4) is 0 Å². The van der Waals surface area contributed by atoms with Gasteiger partial charge in [0, 0.05) is 18.4 Å². The molecule has 0 saturated carbocycles. The number of hydrogen-bond donors (Lipinski definition) is 0. The molecule has 0 unspecified atom stereocenters. The molecule has 0 spiro atoms. The van der Waals surface area contributed by atoms with Crippen molar-refractivity contribution in [2.24, 2.45) is 0 Å². The van der Waals surface area contributed by atoms with Gasteiger partial charge in [-0.15, -0.1) is 0 Å². The Morgan fingerprint density at radius 2 is 1.10 bits per heavy atom. The Hall–Kier alpha value is -1.76. The van der Waals surface area contributed by atoms with E-state index in [-0.39, 0.29) is 0 Å². The van der Waals surface area contributed by atoms with Crippen LogP contribution in [0.15, 0.2) is 48.5 Å². The molecule has 0 saturated heterocycles. The summed E-state index contributed by atoms with van der Waals surface area (Å²) in [5.74, 6) is 0. The van der Waals surface area contributed by atoms with Gasteiger partial charge in [-0.25, -0.2) is 0 Å². The average molecular weight is 267 g/mol. The lowest BCUT2D eigenvalue weighted by atomic mass is 10.0. The van der Waals surface area contributed by atoms with Crippen molar-refractivity contribution >= 4 is 11.4 Å². The van der Waals surface area contributed by atoms with Crippen molar-refractivity contribution in [2.45, 2.75) is 39.5 Å². The van der Waals surface area contributed by atoms with E-state index >= 15 is 0 Å². The van der Waals surface area contributed by atoms with E-state index in [9.17, 15) is 0 Å². The molecule has 2 aromatic carbocycles. The standard InChI is InChI=1S/C19H25N/c1-4-10-16-12-6-8-14-18(16)20(3)19-15-9-7-13-17(19)11-5-2/h6-9,12-15H,4-5,10-11H2,1-3H3. The summed E-state index contributed by atoms with van der Waals surface area (Å²) < 4.78 is 0. The van der Waals surface area contributed by atoms with Crippen LogP contribution in [0.4, 0.5) is 11.4 Å². The van der Waals surface area contributed by atoms with Crippen molar-refractivity contribution < 1.29 is 0 Å². The Bertz CT molecular complexity index is 495. The maximum atomic E-state index is 2.34. The molecule has 0 heterocycles. The highest BCUT2D eigenvalue weighted by Gasteiger charge is 2.11. The largest absolute Gasteiger partial charge is 0.344 e. The lowest BCUT2D eigenvalue weighted by Crippen LogP contribution is -2.13. The third kappa shape index (κ3) is 3.22. The number of nitrogens with zero attached hydrogens (tertiary/aromatic N) is 1. The maximum absolute atomic E-state index is 2.34. The topological polar surface area (TPSA) is 3.24 Å². The van der Waals surface area contributed by atoms with Gasteiger partial charge in [0.25, 0.3) is 0 Å². The molecule has 106 valence electrons. The molecule has 1 heteroatoms. The van der Waals surface area contributed by atoms with Crippen molar-refractivity contribution in [3.05, 3.63) is 59.7 Å². The fourth-order valence-electron chi connectivity index (χ4n) is 2.77. The third-order valence-corrected chi connectivity index (χ3v) is 3.74. The first kappa shape index (κ1) is 14.6. The molecule has 0 atom stereocenters. The molecular formula is C19H25N. The smallest absolute Gasteiger partial charge is 0.0440 e. The number of para-hydroxylation sites is 2. The van der Waals surface area contributed by atoms with Crippen LogP contribution >= 0.6 is 0 Å². The molecule has 0 radical (unpaired) electrons. The van der Waals surface area contributed by atoms with E-state index in [0.717, 1.165) is 12.8 Å². The van der Waals surface area contributed by atoms with Crippen LogP contribution in [0, 0.1) is 0 Å². The normalized spacial score (nSPS) is 10.6. The van der Waals surface area contributed by atoms with Gasteiger partial charge < -0.3 is 4.90 Å². The molecule has 0 aliphatic rings. The van der Waals surface area contributed by atoms with E-state index in [2.05, 4.69) is 74.3 Å². The summed E-state index contributed by atoms with van der Waals surface area (Å²) in [5, 5.41) is 0. The molecule has 0 fully saturated rings. The Morgan fingerprint density at radius 1 is 0.700 bits per heavy atom. The number of benzene rings is 2. The SMILES string of the molecule is CCCc1ccccc1N(C)c1ccccc1CCC. The zero-order chi connectivity index (χ0) is 14.4. The molecule has 2 rings (SSSR count). The van der Waals surface area contributed by atoms with E-state index in [1.54, 1.807) is 0 Å². The molecule has 0 aromatic heterocycles. The third-order valence-electron chi connectivity index (χ3n) is 3.74. The first-order valence-corrected chi connectivity index (χ1v) is 7.67. The van der Waals surface area contributed by atoms with Crippen molar-refractivity contribution in [1.82, 2.24) is 0 Å². The number of aryl methyl sites for hydroxylation is 2. The van der Waals surface area contributed by atoms with Crippen LogP contribution in [0.5, 0.6) is 0 Å². The zero-order valence-corrected chi connectivity index (χ0v) is 12.9. The number of hydrogen-bond acceptors (Lipinski definition) is 1. The Kier molecular flexibility index (Phi) is 5.23. The van der Waals surface area contributed by atoms with Crippen LogP contribution in [-0.2, 0) is 12.8 Å². The molecule has 0 amide bonds. The summed E-state index contributed by atoms with van der Waals surface area (Å²) >= 11 is 0. The predicted molar refractivity (Wildman–Crippen MR) is 88.9 cm³/mol. The predicted octanol–water partition coefficient (Wildman–Crippen LogP) is 5.36. The Labute approximate surface area is 123 Å². The fourth-order valence-corrected chi connectivity index (χ4v) is 2.77. The minimum atomic E-state index is 1.14. The van der Waals surface area contributed by atoms with Gasteiger partial charge in [-0.1, -0.05) is 63.1 Å². The molecule has 1 nitrogen and oxygen atoms in total. The number of rotatable bonds is 6. The zero-order valence-electron chi connectivity index (χ0n) is 12.9. The average Bonchev–Trinajstić information content (AvgIpc) is 2.48. The van der Waals surface area contributed by atoms with Crippen LogP contribution in [-0.4, -0.2) is 7.05 Å². The first-order chi connectivity index (χ1) is 9.77. The van der Waals surface area contributed by atoms with Crippen LogP contribution in [0.2, 0.25) is 0 Å². The van der Waals surface area contributed by atoms with Crippen LogP contribution < -0.4 is 4.90 Å². The van der Waals surface area contributed by atoms with Crippen LogP contribution in [0.25, 0.3) is 0 Å². The molecule has 20 heavy (non-hydrogen) atoms. The first-order valence-electron chi connectivity index (χ1n) is 7.67. The van der Waals surface area contributed by atoms with Gasteiger partial charge in [0.15, 0.2) is 0 Å². The summed E-state index contributed by atoms with van der Waals surface area (Å²) in [4.78, 5) is 2.34. The van der Waals surface area contributed by atoms with Gasteiger partial charge in [0.2, 0.25) is 0 Å². The summed E-state index contributed by atoms with van der Waals surface area (Å²) in [6, 6.07) is 17.5. The van der Waals surface area contributed by atoms with Gasteiger partial charge in [0.1, 0.15) is 0 Å². The van der Waals surface area contributed by atoms with E-state index in [1.807, 2.05) is 0 Å². The fraction of sp³-hybridized carbons (Fsp3) is 0.368. The molecule has 0 aliphatic carbocycles. The van der Waals surface area contributed by atoms with E-state index < -0.39 is 0 Å².